The van der Waals surface area contributed by atoms with E-state index >= 15 is 0 Å². The number of imide groups is 1. The van der Waals surface area contributed by atoms with E-state index in [1.54, 1.807) is 30.3 Å². The summed E-state index contributed by atoms with van der Waals surface area (Å²) in [6.45, 7) is 0. The zero-order chi connectivity index (χ0) is 20.6. The van der Waals surface area contributed by atoms with Crippen LogP contribution >= 0.6 is 0 Å². The van der Waals surface area contributed by atoms with Crippen molar-refractivity contribution in [3.63, 3.8) is 0 Å². The Labute approximate surface area is 170 Å². The maximum atomic E-state index is 12.9. The van der Waals surface area contributed by atoms with Gasteiger partial charge in [0, 0.05) is 12.6 Å². The highest BCUT2D eigenvalue weighted by atomic mass is 16.5. The van der Waals surface area contributed by atoms with E-state index in [2.05, 4.69) is 10.6 Å². The molecule has 2 unspecified atom stereocenters. The van der Waals surface area contributed by atoms with Crippen LogP contribution in [-0.4, -0.2) is 35.7 Å². The number of ether oxygens (including phenoxy) is 1. The van der Waals surface area contributed by atoms with Gasteiger partial charge in [0.25, 0.3) is 5.91 Å². The lowest BCUT2D eigenvalue weighted by atomic mass is 9.47. The van der Waals surface area contributed by atoms with Crippen molar-refractivity contribution >= 4 is 17.9 Å². The number of hydrogen-bond donors (Lipinski definition) is 3. The molecule has 4 aliphatic rings. The van der Waals surface area contributed by atoms with Gasteiger partial charge in [0.1, 0.15) is 0 Å². The quantitative estimate of drug-likeness (QED) is 0.659. The van der Waals surface area contributed by atoms with Gasteiger partial charge in [-0.2, -0.15) is 0 Å². The lowest BCUT2D eigenvalue weighted by molar-refractivity contribution is -0.180. The normalized spacial score (nSPS) is 33.0. The molecule has 0 saturated heterocycles. The zero-order valence-corrected chi connectivity index (χ0v) is 16.6. The van der Waals surface area contributed by atoms with E-state index in [-0.39, 0.29) is 11.8 Å². The van der Waals surface area contributed by atoms with Gasteiger partial charge < -0.3 is 15.2 Å². The lowest BCUT2D eigenvalue weighted by Crippen LogP contribution is -2.56. The second kappa shape index (κ2) is 7.44. The fraction of sp³-hybridized carbons (Fsp3) is 0.591. The Kier molecular flexibility index (Phi) is 5.11. The summed E-state index contributed by atoms with van der Waals surface area (Å²) in [4.78, 5) is 37.0. The van der Waals surface area contributed by atoms with Gasteiger partial charge in [-0.05, 0) is 55.8 Å². The minimum Gasteiger partial charge on any atom is -0.447 e. The summed E-state index contributed by atoms with van der Waals surface area (Å²) >= 11 is 0. The molecular weight excluding hydrogens is 372 g/mol. The maximum absolute atomic E-state index is 12.9. The van der Waals surface area contributed by atoms with Crippen LogP contribution in [-0.2, 0) is 14.3 Å². The topological polar surface area (TPSA) is 105 Å². The SMILES string of the molecule is CNC(=O)NC(=O)[C@@H](OC(=O)CC12C[C@@H]3C[C@@H](CC(O)(C3)C1)C2)c1ccccc1. The van der Waals surface area contributed by atoms with Crippen molar-refractivity contribution in [1.82, 2.24) is 10.6 Å². The molecule has 0 heterocycles. The minimum absolute atomic E-state index is 0.193. The molecule has 7 heteroatoms. The van der Waals surface area contributed by atoms with Crippen LogP contribution in [0.25, 0.3) is 0 Å². The summed E-state index contributed by atoms with van der Waals surface area (Å²) in [5.41, 5.74) is -0.389. The second-order valence-corrected chi connectivity index (χ2v) is 9.21. The van der Waals surface area contributed by atoms with Gasteiger partial charge in [0.2, 0.25) is 6.10 Å². The number of esters is 1. The molecule has 0 aliphatic heterocycles. The molecule has 4 fully saturated rings. The Bertz CT molecular complexity index is 795. The van der Waals surface area contributed by atoms with Gasteiger partial charge in [-0.1, -0.05) is 30.3 Å². The minimum atomic E-state index is -1.20. The standard InChI is InChI=1S/C22H28N2O5/c1-23-20(27)24-19(26)18(16-5-3-2-4-6-16)29-17(25)12-21-8-14-7-15(9-21)11-22(28,10-14)13-21/h2-6,14-15,18,28H,7-13H2,1H3,(H2,23,24,26,27)/t14-,15+,18-,21?,22?/m0/s1. The number of hydrogen-bond acceptors (Lipinski definition) is 5. The summed E-state index contributed by atoms with van der Waals surface area (Å²) in [5, 5.41) is 15.4. The fourth-order valence-electron chi connectivity index (χ4n) is 6.23. The summed E-state index contributed by atoms with van der Waals surface area (Å²) in [6, 6.07) is 8.02. The van der Waals surface area contributed by atoms with E-state index in [0.29, 0.717) is 23.8 Å². The first-order valence-electron chi connectivity index (χ1n) is 10.3. The highest BCUT2D eigenvalue weighted by Gasteiger charge is 2.57. The Morgan fingerprint density at radius 1 is 1.14 bits per heavy atom. The number of carbonyl (C=O) groups excluding carboxylic acids is 3. The van der Waals surface area contributed by atoms with E-state index < -0.39 is 29.6 Å². The van der Waals surface area contributed by atoms with Gasteiger partial charge in [-0.3, -0.25) is 14.9 Å². The Morgan fingerprint density at radius 3 is 2.38 bits per heavy atom. The fourth-order valence-corrected chi connectivity index (χ4v) is 6.23. The molecule has 29 heavy (non-hydrogen) atoms. The van der Waals surface area contributed by atoms with Gasteiger partial charge in [0.15, 0.2) is 0 Å². The Hall–Kier alpha value is -2.41. The Balaban J connectivity index is 1.48. The number of nitrogens with one attached hydrogen (secondary N) is 2. The molecule has 5 atom stereocenters. The number of benzene rings is 1. The van der Waals surface area contributed by atoms with Gasteiger partial charge >= 0.3 is 12.0 Å². The average molecular weight is 400 g/mol. The van der Waals surface area contributed by atoms with E-state index in [9.17, 15) is 19.5 Å². The molecule has 0 radical (unpaired) electrons. The van der Waals surface area contributed by atoms with Crippen molar-refractivity contribution in [1.29, 1.82) is 0 Å². The molecule has 3 amide bonds. The van der Waals surface area contributed by atoms with Crippen LogP contribution in [0.4, 0.5) is 4.79 Å². The first-order valence-corrected chi connectivity index (χ1v) is 10.3. The molecule has 4 bridgehead atoms. The highest BCUT2D eigenvalue weighted by Crippen LogP contribution is 2.62. The molecule has 0 aromatic heterocycles. The monoisotopic (exact) mass is 400 g/mol. The molecule has 1 aromatic carbocycles. The van der Waals surface area contributed by atoms with E-state index in [1.165, 1.54) is 7.05 Å². The molecule has 156 valence electrons. The molecule has 7 nitrogen and oxygen atoms in total. The molecule has 3 N–H and O–H groups in total. The van der Waals surface area contributed by atoms with Crippen molar-refractivity contribution in [2.45, 2.75) is 56.7 Å². The summed E-state index contributed by atoms with van der Waals surface area (Å²) in [7, 11) is 1.41. The number of carbonyl (C=O) groups is 3. The number of amides is 3. The van der Waals surface area contributed by atoms with Crippen molar-refractivity contribution < 1.29 is 24.2 Å². The van der Waals surface area contributed by atoms with Gasteiger partial charge in [-0.15, -0.1) is 0 Å². The number of aliphatic hydroxyl groups is 1. The van der Waals surface area contributed by atoms with Crippen LogP contribution in [0.15, 0.2) is 30.3 Å². The third-order valence-electron chi connectivity index (χ3n) is 6.72. The molecular formula is C22H28N2O5. The smallest absolute Gasteiger partial charge is 0.321 e. The van der Waals surface area contributed by atoms with Crippen molar-refractivity contribution in [2.75, 3.05) is 7.05 Å². The van der Waals surface area contributed by atoms with Crippen LogP contribution in [0.3, 0.4) is 0 Å². The predicted molar refractivity (Wildman–Crippen MR) is 105 cm³/mol. The van der Waals surface area contributed by atoms with Crippen molar-refractivity contribution in [3.8, 4) is 0 Å². The summed E-state index contributed by atoms with van der Waals surface area (Å²) in [5.74, 6) is -0.212. The first-order chi connectivity index (χ1) is 13.8. The average Bonchev–Trinajstić information content (AvgIpc) is 2.64. The van der Waals surface area contributed by atoms with Crippen LogP contribution in [0.2, 0.25) is 0 Å². The van der Waals surface area contributed by atoms with E-state index in [1.807, 2.05) is 0 Å². The van der Waals surface area contributed by atoms with Crippen LogP contribution in [0.5, 0.6) is 0 Å². The van der Waals surface area contributed by atoms with E-state index in [0.717, 1.165) is 32.1 Å². The zero-order valence-electron chi connectivity index (χ0n) is 16.6. The van der Waals surface area contributed by atoms with Crippen LogP contribution < -0.4 is 10.6 Å². The van der Waals surface area contributed by atoms with E-state index in [4.69, 9.17) is 4.74 Å². The third-order valence-corrected chi connectivity index (χ3v) is 6.72. The summed E-state index contributed by atoms with van der Waals surface area (Å²) < 4.78 is 5.60. The largest absolute Gasteiger partial charge is 0.447 e. The van der Waals surface area contributed by atoms with Crippen molar-refractivity contribution in [2.24, 2.45) is 17.3 Å². The van der Waals surface area contributed by atoms with Gasteiger partial charge in [-0.25, -0.2) is 4.79 Å². The molecule has 0 spiro atoms. The van der Waals surface area contributed by atoms with Crippen LogP contribution in [0, 0.1) is 17.3 Å². The van der Waals surface area contributed by atoms with Crippen LogP contribution in [0.1, 0.15) is 56.6 Å². The highest BCUT2D eigenvalue weighted by molar-refractivity contribution is 5.97. The first kappa shape index (κ1) is 19.9. The number of urea groups is 1. The maximum Gasteiger partial charge on any atom is 0.321 e. The molecule has 5 rings (SSSR count). The summed E-state index contributed by atoms with van der Waals surface area (Å²) in [6.07, 6.45) is 4.30. The Morgan fingerprint density at radius 2 is 1.79 bits per heavy atom. The van der Waals surface area contributed by atoms with Crippen molar-refractivity contribution in [3.05, 3.63) is 35.9 Å². The third kappa shape index (κ3) is 4.15. The van der Waals surface area contributed by atoms with Gasteiger partial charge in [0.05, 0.1) is 12.0 Å². The molecule has 4 aliphatic carbocycles. The second-order valence-electron chi connectivity index (χ2n) is 9.21. The molecule has 1 aromatic rings. The molecule has 4 saturated carbocycles. The number of rotatable bonds is 5. The lowest BCUT2D eigenvalue weighted by Gasteiger charge is -2.60. The predicted octanol–water partition coefficient (Wildman–Crippen LogP) is 2.45.